The maximum atomic E-state index is 10.2. The highest BCUT2D eigenvalue weighted by molar-refractivity contribution is 9.10. The molecule has 1 aromatic heterocycles. The largest absolute Gasteiger partial charge is 0.481 e. The van der Waals surface area contributed by atoms with Crippen molar-refractivity contribution in [2.24, 2.45) is 0 Å². The number of hydrogen-bond acceptors (Lipinski definition) is 3. The maximum absolute atomic E-state index is 10.2. The Hall–Kier alpha value is -0.000000000000000111. The summed E-state index contributed by atoms with van der Waals surface area (Å²) in [6.07, 6.45) is 0. The first kappa shape index (κ1) is 9.09. The number of hydrogen-bond donors (Lipinski definition) is 1. The van der Waals surface area contributed by atoms with E-state index in [4.69, 9.17) is 5.11 Å². The van der Waals surface area contributed by atoms with Crippen molar-refractivity contribution in [2.75, 3.05) is 5.75 Å². The maximum Gasteiger partial charge on any atom is 0.313 e. The van der Waals surface area contributed by atoms with Crippen molar-refractivity contribution in [3.8, 4) is 0 Å². The molecule has 0 spiro atoms. The van der Waals surface area contributed by atoms with Crippen LogP contribution >= 0.6 is 39.0 Å². The third-order valence-corrected chi connectivity index (χ3v) is 4.09. The van der Waals surface area contributed by atoms with Crippen molar-refractivity contribution < 1.29 is 9.90 Å². The molecule has 0 aromatic carbocycles. The molecular weight excluding hydrogens is 248 g/mol. The van der Waals surface area contributed by atoms with Crippen LogP contribution in [0.1, 0.15) is 0 Å². The molecule has 11 heavy (non-hydrogen) atoms. The zero-order valence-corrected chi connectivity index (χ0v) is 8.63. The number of thioether (sulfide) groups is 1. The first-order chi connectivity index (χ1) is 5.20. The van der Waals surface area contributed by atoms with E-state index in [1.165, 1.54) is 11.8 Å². The summed E-state index contributed by atoms with van der Waals surface area (Å²) in [5.41, 5.74) is 0. The third kappa shape index (κ3) is 2.84. The average molecular weight is 253 g/mol. The fourth-order valence-corrected chi connectivity index (χ4v) is 3.00. The van der Waals surface area contributed by atoms with Gasteiger partial charge in [0.1, 0.15) is 0 Å². The van der Waals surface area contributed by atoms with Gasteiger partial charge in [-0.05, 0) is 15.9 Å². The summed E-state index contributed by atoms with van der Waals surface area (Å²) >= 11 is 6.20. The van der Waals surface area contributed by atoms with E-state index >= 15 is 0 Å². The summed E-state index contributed by atoms with van der Waals surface area (Å²) < 4.78 is 0.980. The number of carboxylic acids is 1. The van der Waals surface area contributed by atoms with Crippen LogP contribution in [0.4, 0.5) is 0 Å². The van der Waals surface area contributed by atoms with Gasteiger partial charge < -0.3 is 5.11 Å². The summed E-state index contributed by atoms with van der Waals surface area (Å²) in [6.45, 7) is 0. The van der Waals surface area contributed by atoms with Crippen LogP contribution in [0.3, 0.4) is 0 Å². The highest BCUT2D eigenvalue weighted by Crippen LogP contribution is 2.30. The van der Waals surface area contributed by atoms with Gasteiger partial charge in [0.2, 0.25) is 0 Å². The number of carbonyl (C=O) groups is 1. The molecule has 5 heteroatoms. The molecule has 0 unspecified atom stereocenters. The third-order valence-electron chi connectivity index (χ3n) is 0.933. The Balaban J connectivity index is 2.51. The van der Waals surface area contributed by atoms with E-state index in [0.717, 1.165) is 9.37 Å². The quantitative estimate of drug-likeness (QED) is 0.841. The van der Waals surface area contributed by atoms with Crippen LogP contribution in [0.5, 0.6) is 0 Å². The van der Waals surface area contributed by atoms with Crippen molar-refractivity contribution in [1.82, 2.24) is 0 Å². The Kier molecular flexibility index (Phi) is 3.42. The van der Waals surface area contributed by atoms with Gasteiger partial charge in [0, 0.05) is 20.1 Å². The number of carboxylic acid groups (broad SMARTS) is 1. The van der Waals surface area contributed by atoms with Gasteiger partial charge in [0.15, 0.2) is 0 Å². The van der Waals surface area contributed by atoms with Crippen molar-refractivity contribution in [2.45, 2.75) is 4.90 Å². The fourth-order valence-electron chi connectivity index (χ4n) is 0.512. The molecule has 0 fully saturated rings. The standard InChI is InChI=1S/C6H5BrO2S2/c7-4-1-10-2-5(4)11-3-6(8)9/h1-2H,3H2,(H,8,9). The summed E-state index contributed by atoms with van der Waals surface area (Å²) in [5.74, 6) is -0.664. The van der Waals surface area contributed by atoms with E-state index in [2.05, 4.69) is 15.9 Å². The van der Waals surface area contributed by atoms with Gasteiger partial charge in [-0.15, -0.1) is 11.8 Å². The summed E-state index contributed by atoms with van der Waals surface area (Å²) in [5, 5.41) is 12.2. The topological polar surface area (TPSA) is 37.3 Å². The highest BCUT2D eigenvalue weighted by Gasteiger charge is 2.03. The fraction of sp³-hybridized carbons (Fsp3) is 0.167. The molecule has 60 valence electrons. The van der Waals surface area contributed by atoms with Crippen LogP contribution in [0, 0.1) is 0 Å². The molecule has 0 amide bonds. The molecule has 0 bridgehead atoms. The lowest BCUT2D eigenvalue weighted by Gasteiger charge is -1.93. The van der Waals surface area contributed by atoms with Crippen molar-refractivity contribution in [3.63, 3.8) is 0 Å². The van der Waals surface area contributed by atoms with Crippen molar-refractivity contribution >= 4 is 45.0 Å². The van der Waals surface area contributed by atoms with E-state index in [1.807, 2.05) is 10.8 Å². The number of halogens is 1. The SMILES string of the molecule is O=C(O)CSc1cscc1Br. The zero-order chi connectivity index (χ0) is 8.27. The number of thiophene rings is 1. The number of aliphatic carboxylic acids is 1. The van der Waals surface area contributed by atoms with E-state index in [9.17, 15) is 4.79 Å². The average Bonchev–Trinajstić information content (AvgIpc) is 2.31. The Bertz CT molecular complexity index is 259. The molecule has 0 radical (unpaired) electrons. The molecule has 0 aliphatic heterocycles. The van der Waals surface area contributed by atoms with Crippen LogP contribution in [0.15, 0.2) is 20.1 Å². The molecule has 0 saturated carbocycles. The molecule has 0 aliphatic carbocycles. The van der Waals surface area contributed by atoms with Crippen molar-refractivity contribution in [3.05, 3.63) is 15.2 Å². The summed E-state index contributed by atoms with van der Waals surface area (Å²) in [4.78, 5) is 11.2. The van der Waals surface area contributed by atoms with Gasteiger partial charge in [0.05, 0.1) is 5.75 Å². The van der Waals surface area contributed by atoms with Crippen LogP contribution in [0.25, 0.3) is 0 Å². The molecule has 1 heterocycles. The van der Waals surface area contributed by atoms with Crippen LogP contribution in [-0.4, -0.2) is 16.8 Å². The van der Waals surface area contributed by atoms with Crippen LogP contribution in [-0.2, 0) is 4.79 Å². The Morgan fingerprint density at radius 2 is 2.45 bits per heavy atom. The minimum absolute atomic E-state index is 0.120. The molecule has 0 saturated heterocycles. The summed E-state index contributed by atoms with van der Waals surface area (Å²) in [6, 6.07) is 0. The molecule has 2 nitrogen and oxygen atoms in total. The van der Waals surface area contributed by atoms with E-state index in [1.54, 1.807) is 11.3 Å². The second kappa shape index (κ2) is 4.13. The summed E-state index contributed by atoms with van der Waals surface area (Å²) in [7, 11) is 0. The van der Waals surface area contributed by atoms with Gasteiger partial charge >= 0.3 is 5.97 Å². The molecule has 1 rings (SSSR count). The molecule has 1 aromatic rings. The smallest absolute Gasteiger partial charge is 0.313 e. The Morgan fingerprint density at radius 3 is 2.91 bits per heavy atom. The lowest BCUT2D eigenvalue weighted by Crippen LogP contribution is -1.96. The van der Waals surface area contributed by atoms with E-state index in [-0.39, 0.29) is 5.75 Å². The van der Waals surface area contributed by atoms with Crippen molar-refractivity contribution in [1.29, 1.82) is 0 Å². The van der Waals surface area contributed by atoms with E-state index < -0.39 is 5.97 Å². The first-order valence-corrected chi connectivity index (χ1v) is 5.48. The highest BCUT2D eigenvalue weighted by atomic mass is 79.9. The Labute approximate surface area is 80.7 Å². The minimum atomic E-state index is -0.784. The second-order valence-corrected chi connectivity index (χ2v) is 4.38. The minimum Gasteiger partial charge on any atom is -0.481 e. The predicted molar refractivity (Wildman–Crippen MR) is 50.4 cm³/mol. The lowest BCUT2D eigenvalue weighted by molar-refractivity contribution is -0.133. The second-order valence-electron chi connectivity index (χ2n) is 1.77. The van der Waals surface area contributed by atoms with Gasteiger partial charge in [-0.1, -0.05) is 0 Å². The zero-order valence-electron chi connectivity index (χ0n) is 5.41. The molecule has 0 atom stereocenters. The van der Waals surface area contributed by atoms with Gasteiger partial charge in [0.25, 0.3) is 0 Å². The molecular formula is C6H5BrO2S2. The van der Waals surface area contributed by atoms with Gasteiger partial charge in [-0.25, -0.2) is 0 Å². The number of rotatable bonds is 3. The monoisotopic (exact) mass is 252 g/mol. The Morgan fingerprint density at radius 1 is 1.73 bits per heavy atom. The lowest BCUT2D eigenvalue weighted by atomic mass is 10.7. The van der Waals surface area contributed by atoms with Crippen LogP contribution in [0.2, 0.25) is 0 Å². The normalized spacial score (nSPS) is 9.91. The van der Waals surface area contributed by atoms with E-state index in [0.29, 0.717) is 0 Å². The van der Waals surface area contributed by atoms with Gasteiger partial charge in [-0.3, -0.25) is 4.79 Å². The van der Waals surface area contributed by atoms with Gasteiger partial charge in [-0.2, -0.15) is 11.3 Å². The van der Waals surface area contributed by atoms with Crippen LogP contribution < -0.4 is 0 Å². The predicted octanol–water partition coefficient (Wildman–Crippen LogP) is 2.69. The first-order valence-electron chi connectivity index (χ1n) is 2.76. The molecule has 0 aliphatic rings. The molecule has 1 N–H and O–H groups in total.